The van der Waals surface area contributed by atoms with Crippen molar-refractivity contribution in [2.45, 2.75) is 65.3 Å². The number of hydrogen-bond acceptors (Lipinski definition) is 1. The molecule has 2 rings (SSSR count). The Morgan fingerprint density at radius 2 is 1.88 bits per heavy atom. The van der Waals surface area contributed by atoms with E-state index in [1.54, 1.807) is 6.42 Å². The zero-order valence-electron chi connectivity index (χ0n) is 11.3. The van der Waals surface area contributed by atoms with Gasteiger partial charge in [-0.25, -0.2) is 0 Å². The van der Waals surface area contributed by atoms with Crippen molar-refractivity contribution in [3.63, 3.8) is 0 Å². The number of hydrogen-bond donors (Lipinski definition) is 1. The molecular weight excluding hydrogens is 194 g/mol. The van der Waals surface area contributed by atoms with Gasteiger partial charge in [-0.05, 0) is 56.4 Å². The Labute approximate surface area is 101 Å². The number of nitrogens with one attached hydrogen (secondary N) is 1. The van der Waals surface area contributed by atoms with E-state index in [4.69, 9.17) is 0 Å². The quantitative estimate of drug-likeness (QED) is 0.721. The van der Waals surface area contributed by atoms with Crippen molar-refractivity contribution < 1.29 is 0 Å². The van der Waals surface area contributed by atoms with E-state index < -0.39 is 0 Å². The summed E-state index contributed by atoms with van der Waals surface area (Å²) in [5.74, 6) is 4.04. The average Bonchev–Trinajstić information content (AvgIpc) is 2.91. The van der Waals surface area contributed by atoms with Gasteiger partial charge in [0.1, 0.15) is 0 Å². The van der Waals surface area contributed by atoms with Crippen molar-refractivity contribution in [2.24, 2.45) is 23.7 Å². The van der Waals surface area contributed by atoms with Crippen LogP contribution in [0.1, 0.15) is 59.3 Å². The van der Waals surface area contributed by atoms with Crippen LogP contribution < -0.4 is 5.32 Å². The van der Waals surface area contributed by atoms with Crippen LogP contribution in [0.5, 0.6) is 0 Å². The normalized spacial score (nSPS) is 34.9. The molecule has 1 heteroatoms. The first-order valence-corrected chi connectivity index (χ1v) is 7.47. The molecule has 0 aromatic rings. The topological polar surface area (TPSA) is 12.0 Å². The first-order valence-electron chi connectivity index (χ1n) is 7.47. The predicted octanol–water partition coefficient (Wildman–Crippen LogP) is 3.84. The molecule has 0 saturated heterocycles. The summed E-state index contributed by atoms with van der Waals surface area (Å²) in [6, 6.07) is 0.760. The average molecular weight is 223 g/mol. The molecule has 0 radical (unpaired) electrons. The summed E-state index contributed by atoms with van der Waals surface area (Å²) in [6.45, 7) is 8.30. The van der Waals surface area contributed by atoms with Crippen LogP contribution in [0.15, 0.2) is 0 Å². The number of fused-ring (bicyclic) bond motifs is 2. The summed E-state index contributed by atoms with van der Waals surface area (Å²) in [7, 11) is 0. The van der Waals surface area contributed by atoms with E-state index >= 15 is 0 Å². The van der Waals surface area contributed by atoms with Crippen LogP contribution in [0.2, 0.25) is 0 Å². The van der Waals surface area contributed by atoms with Gasteiger partial charge in [-0.2, -0.15) is 0 Å². The van der Waals surface area contributed by atoms with Gasteiger partial charge in [0.15, 0.2) is 0 Å². The second-order valence-electron chi connectivity index (χ2n) is 6.22. The van der Waals surface area contributed by atoms with Gasteiger partial charge in [0.2, 0.25) is 0 Å². The highest BCUT2D eigenvalue weighted by Gasteiger charge is 2.41. The standard InChI is InChI=1S/C15H29N/c1-4-12(5-2)10-16-11(3)15-9-13-6-7-14(15)8-13/h11-16H,4-10H2,1-3H3. The highest BCUT2D eigenvalue weighted by atomic mass is 14.9. The summed E-state index contributed by atoms with van der Waals surface area (Å²) in [5.41, 5.74) is 0. The van der Waals surface area contributed by atoms with Gasteiger partial charge in [-0.15, -0.1) is 0 Å². The smallest absolute Gasteiger partial charge is 0.00698 e. The molecular formula is C15H29N. The van der Waals surface area contributed by atoms with E-state index in [0.29, 0.717) is 0 Å². The Morgan fingerprint density at radius 1 is 1.12 bits per heavy atom. The highest BCUT2D eigenvalue weighted by Crippen LogP contribution is 2.49. The molecule has 0 aromatic carbocycles. The molecule has 2 bridgehead atoms. The Morgan fingerprint density at radius 3 is 2.38 bits per heavy atom. The zero-order valence-corrected chi connectivity index (χ0v) is 11.3. The summed E-state index contributed by atoms with van der Waals surface area (Å²) < 4.78 is 0. The van der Waals surface area contributed by atoms with Crippen molar-refractivity contribution in [3.8, 4) is 0 Å². The van der Waals surface area contributed by atoms with Crippen LogP contribution >= 0.6 is 0 Å². The monoisotopic (exact) mass is 223 g/mol. The van der Waals surface area contributed by atoms with Gasteiger partial charge >= 0.3 is 0 Å². The third kappa shape index (κ3) is 2.61. The van der Waals surface area contributed by atoms with E-state index in [-0.39, 0.29) is 0 Å². The molecule has 2 fully saturated rings. The van der Waals surface area contributed by atoms with Crippen molar-refractivity contribution in [2.75, 3.05) is 6.54 Å². The van der Waals surface area contributed by atoms with Crippen LogP contribution in [-0.4, -0.2) is 12.6 Å². The molecule has 94 valence electrons. The van der Waals surface area contributed by atoms with Crippen LogP contribution in [0.3, 0.4) is 0 Å². The Kier molecular flexibility index (Phi) is 4.29. The second kappa shape index (κ2) is 5.53. The van der Waals surface area contributed by atoms with E-state index in [2.05, 4.69) is 26.1 Å². The molecule has 0 spiro atoms. The third-order valence-electron chi connectivity index (χ3n) is 5.32. The molecule has 16 heavy (non-hydrogen) atoms. The van der Waals surface area contributed by atoms with Crippen molar-refractivity contribution in [1.29, 1.82) is 0 Å². The fourth-order valence-corrected chi connectivity index (χ4v) is 3.99. The molecule has 0 heterocycles. The van der Waals surface area contributed by atoms with Crippen LogP contribution in [0, 0.1) is 23.7 Å². The van der Waals surface area contributed by atoms with E-state index in [9.17, 15) is 0 Å². The third-order valence-corrected chi connectivity index (χ3v) is 5.32. The summed E-state index contributed by atoms with van der Waals surface area (Å²) in [4.78, 5) is 0. The Balaban J connectivity index is 1.73. The SMILES string of the molecule is CCC(CC)CNC(C)C1CC2CCC1C2. The minimum absolute atomic E-state index is 0.760. The molecule has 2 aliphatic carbocycles. The number of rotatable bonds is 6. The fourth-order valence-electron chi connectivity index (χ4n) is 3.99. The summed E-state index contributed by atoms with van der Waals surface area (Å²) in [5, 5.41) is 3.81. The molecule has 4 atom stereocenters. The maximum absolute atomic E-state index is 3.81. The molecule has 0 amide bonds. The summed E-state index contributed by atoms with van der Waals surface area (Å²) in [6.07, 6.45) is 8.76. The Hall–Kier alpha value is -0.0400. The van der Waals surface area contributed by atoms with E-state index in [0.717, 1.165) is 29.7 Å². The lowest BCUT2D eigenvalue weighted by atomic mass is 9.84. The molecule has 4 unspecified atom stereocenters. The fraction of sp³-hybridized carbons (Fsp3) is 1.00. The second-order valence-corrected chi connectivity index (χ2v) is 6.22. The van der Waals surface area contributed by atoms with Gasteiger partial charge < -0.3 is 5.32 Å². The van der Waals surface area contributed by atoms with Crippen molar-refractivity contribution in [3.05, 3.63) is 0 Å². The maximum atomic E-state index is 3.81. The lowest BCUT2D eigenvalue weighted by Crippen LogP contribution is -2.38. The van der Waals surface area contributed by atoms with Gasteiger partial charge in [0, 0.05) is 6.04 Å². The first kappa shape index (κ1) is 12.4. The highest BCUT2D eigenvalue weighted by molar-refractivity contribution is 4.94. The molecule has 0 aromatic heterocycles. The van der Waals surface area contributed by atoms with Gasteiger partial charge in [-0.3, -0.25) is 0 Å². The minimum atomic E-state index is 0.760. The summed E-state index contributed by atoms with van der Waals surface area (Å²) >= 11 is 0. The first-order chi connectivity index (χ1) is 7.74. The molecule has 0 aliphatic heterocycles. The lowest BCUT2D eigenvalue weighted by molar-refractivity contribution is 0.250. The van der Waals surface area contributed by atoms with Crippen LogP contribution in [-0.2, 0) is 0 Å². The molecule has 1 nitrogen and oxygen atoms in total. The lowest BCUT2D eigenvalue weighted by Gasteiger charge is -2.29. The Bertz CT molecular complexity index is 209. The molecule has 1 N–H and O–H groups in total. The molecule has 2 saturated carbocycles. The van der Waals surface area contributed by atoms with Crippen molar-refractivity contribution >= 4 is 0 Å². The van der Waals surface area contributed by atoms with E-state index in [1.807, 2.05) is 0 Å². The molecule has 2 aliphatic rings. The van der Waals surface area contributed by atoms with Gasteiger partial charge in [0.05, 0.1) is 0 Å². The largest absolute Gasteiger partial charge is 0.314 e. The zero-order chi connectivity index (χ0) is 11.5. The van der Waals surface area contributed by atoms with Gasteiger partial charge in [0.25, 0.3) is 0 Å². The minimum Gasteiger partial charge on any atom is -0.314 e. The van der Waals surface area contributed by atoms with E-state index in [1.165, 1.54) is 38.6 Å². The van der Waals surface area contributed by atoms with Crippen LogP contribution in [0.4, 0.5) is 0 Å². The van der Waals surface area contributed by atoms with Gasteiger partial charge in [-0.1, -0.05) is 33.1 Å². The predicted molar refractivity (Wildman–Crippen MR) is 70.5 cm³/mol. The maximum Gasteiger partial charge on any atom is 0.00698 e. The van der Waals surface area contributed by atoms with Crippen molar-refractivity contribution in [1.82, 2.24) is 5.32 Å². The van der Waals surface area contributed by atoms with Crippen LogP contribution in [0.25, 0.3) is 0 Å².